The summed E-state index contributed by atoms with van der Waals surface area (Å²) in [6.45, 7) is 6.77. The van der Waals surface area contributed by atoms with E-state index in [-0.39, 0.29) is 11.9 Å². The van der Waals surface area contributed by atoms with Crippen molar-refractivity contribution in [3.8, 4) is 0 Å². The Morgan fingerprint density at radius 3 is 2.52 bits per heavy atom. The summed E-state index contributed by atoms with van der Waals surface area (Å²) in [5, 5.41) is 5.03. The number of likely N-dealkylation sites (tertiary alicyclic amines) is 1. The van der Waals surface area contributed by atoms with Crippen molar-refractivity contribution >= 4 is 38.7 Å². The van der Waals surface area contributed by atoms with Crippen molar-refractivity contribution in [3.05, 3.63) is 46.4 Å². The molecule has 2 aromatic carbocycles. The second-order valence-corrected chi connectivity index (χ2v) is 8.74. The van der Waals surface area contributed by atoms with Crippen LogP contribution in [0.1, 0.15) is 44.0 Å². The van der Waals surface area contributed by atoms with E-state index in [1.54, 1.807) is 0 Å². The van der Waals surface area contributed by atoms with E-state index < -0.39 is 11.7 Å². The predicted molar refractivity (Wildman–Crippen MR) is 110 cm³/mol. The van der Waals surface area contributed by atoms with Gasteiger partial charge in [0.25, 0.3) is 5.91 Å². The van der Waals surface area contributed by atoms with Gasteiger partial charge in [0.2, 0.25) is 0 Å². The maximum Gasteiger partial charge on any atom is 0.407 e. The Kier molecular flexibility index (Phi) is 5.75. The van der Waals surface area contributed by atoms with Crippen molar-refractivity contribution in [1.82, 2.24) is 10.2 Å². The molecule has 0 aliphatic carbocycles. The van der Waals surface area contributed by atoms with Gasteiger partial charge in [-0.2, -0.15) is 0 Å². The second-order valence-electron chi connectivity index (χ2n) is 7.89. The van der Waals surface area contributed by atoms with E-state index >= 15 is 0 Å². The van der Waals surface area contributed by atoms with Crippen molar-refractivity contribution in [2.45, 2.75) is 45.3 Å². The Balaban J connectivity index is 1.59. The van der Waals surface area contributed by atoms with E-state index in [9.17, 15) is 9.59 Å². The highest BCUT2D eigenvalue weighted by atomic mass is 79.9. The number of hydrogen-bond donors (Lipinski definition) is 1. The van der Waals surface area contributed by atoms with Crippen LogP contribution < -0.4 is 5.32 Å². The number of nitrogens with one attached hydrogen (secondary N) is 1. The molecule has 0 atom stereocenters. The maximum atomic E-state index is 12.8. The quantitative estimate of drug-likeness (QED) is 0.745. The summed E-state index contributed by atoms with van der Waals surface area (Å²) in [4.78, 5) is 26.6. The molecule has 6 heteroatoms. The number of carbonyl (C=O) groups excluding carboxylic acids is 2. The second kappa shape index (κ2) is 7.89. The van der Waals surface area contributed by atoms with Gasteiger partial charge in [-0.25, -0.2) is 4.79 Å². The van der Waals surface area contributed by atoms with Gasteiger partial charge in [0.1, 0.15) is 5.60 Å². The molecule has 1 fully saturated rings. The van der Waals surface area contributed by atoms with Gasteiger partial charge in [-0.05, 0) is 62.6 Å². The smallest absolute Gasteiger partial charge is 0.407 e. The average molecular weight is 433 g/mol. The van der Waals surface area contributed by atoms with Gasteiger partial charge < -0.3 is 15.0 Å². The van der Waals surface area contributed by atoms with Crippen molar-refractivity contribution < 1.29 is 14.3 Å². The van der Waals surface area contributed by atoms with Crippen LogP contribution in [0.25, 0.3) is 10.8 Å². The zero-order valence-electron chi connectivity index (χ0n) is 15.9. The monoisotopic (exact) mass is 432 g/mol. The number of rotatable bonds is 2. The third-order valence-corrected chi connectivity index (χ3v) is 5.27. The highest BCUT2D eigenvalue weighted by molar-refractivity contribution is 9.10. The molecule has 0 radical (unpaired) electrons. The third kappa shape index (κ3) is 5.01. The zero-order chi connectivity index (χ0) is 19.6. The van der Waals surface area contributed by atoms with Gasteiger partial charge in [-0.15, -0.1) is 0 Å². The molecular formula is C21H25BrN2O3. The van der Waals surface area contributed by atoms with Crippen LogP contribution in [0.3, 0.4) is 0 Å². The summed E-state index contributed by atoms with van der Waals surface area (Å²) in [5.74, 6) is 0.0348. The van der Waals surface area contributed by atoms with E-state index in [0.29, 0.717) is 18.7 Å². The number of amides is 2. The summed E-state index contributed by atoms with van der Waals surface area (Å²) in [6.07, 6.45) is 1.06. The number of piperidine rings is 1. The molecule has 1 aliphatic heterocycles. The Morgan fingerprint density at radius 2 is 1.85 bits per heavy atom. The van der Waals surface area contributed by atoms with Crippen LogP contribution >= 0.6 is 15.9 Å². The fourth-order valence-corrected chi connectivity index (χ4v) is 3.77. The van der Waals surface area contributed by atoms with Gasteiger partial charge in [-0.3, -0.25) is 4.79 Å². The number of hydrogen-bond acceptors (Lipinski definition) is 3. The van der Waals surface area contributed by atoms with Crippen LogP contribution in [0.2, 0.25) is 0 Å². The number of nitrogens with zero attached hydrogens (tertiary/aromatic N) is 1. The fraction of sp³-hybridized carbons (Fsp3) is 0.429. The summed E-state index contributed by atoms with van der Waals surface area (Å²) in [5.41, 5.74) is 0.186. The first kappa shape index (κ1) is 19.7. The highest BCUT2D eigenvalue weighted by Gasteiger charge is 2.26. The molecule has 0 spiro atoms. The lowest BCUT2D eigenvalue weighted by molar-refractivity contribution is 0.0473. The SMILES string of the molecule is CC(C)(C)OC(=O)NC1CCN(C(=O)c2ccc3c(Br)cccc3c2)CC1. The molecule has 0 saturated carbocycles. The minimum atomic E-state index is -0.508. The Bertz CT molecular complexity index is 852. The predicted octanol–water partition coefficient (Wildman–Crippen LogP) is 4.73. The summed E-state index contributed by atoms with van der Waals surface area (Å²) in [7, 11) is 0. The minimum absolute atomic E-state index is 0.0348. The van der Waals surface area contributed by atoms with Crippen LogP contribution in [-0.2, 0) is 4.74 Å². The maximum absolute atomic E-state index is 12.8. The first-order valence-electron chi connectivity index (χ1n) is 9.20. The lowest BCUT2D eigenvalue weighted by Gasteiger charge is -2.33. The van der Waals surface area contributed by atoms with Crippen molar-refractivity contribution in [2.75, 3.05) is 13.1 Å². The number of carbonyl (C=O) groups is 2. The highest BCUT2D eigenvalue weighted by Crippen LogP contribution is 2.25. The van der Waals surface area contributed by atoms with Crippen LogP contribution in [0, 0.1) is 0 Å². The Hall–Kier alpha value is -2.08. The lowest BCUT2D eigenvalue weighted by Crippen LogP contribution is -2.47. The lowest BCUT2D eigenvalue weighted by atomic mass is 10.0. The van der Waals surface area contributed by atoms with Gasteiger partial charge in [-0.1, -0.05) is 34.1 Å². The van der Waals surface area contributed by atoms with Crippen LogP contribution in [0.15, 0.2) is 40.9 Å². The molecule has 1 aliphatic rings. The van der Waals surface area contributed by atoms with E-state index in [1.165, 1.54) is 0 Å². The molecule has 27 heavy (non-hydrogen) atoms. The van der Waals surface area contributed by atoms with E-state index in [0.717, 1.165) is 28.1 Å². The molecule has 1 saturated heterocycles. The number of benzene rings is 2. The first-order valence-corrected chi connectivity index (χ1v) is 9.99. The number of ether oxygens (including phenoxy) is 1. The molecule has 0 aromatic heterocycles. The molecule has 0 unspecified atom stereocenters. The van der Waals surface area contributed by atoms with Gasteiger partial charge in [0.15, 0.2) is 0 Å². The van der Waals surface area contributed by atoms with Gasteiger partial charge in [0.05, 0.1) is 0 Å². The van der Waals surface area contributed by atoms with Crippen LogP contribution in [0.5, 0.6) is 0 Å². The van der Waals surface area contributed by atoms with Gasteiger partial charge in [0, 0.05) is 29.2 Å². The summed E-state index contributed by atoms with van der Waals surface area (Å²) in [6, 6.07) is 11.8. The molecule has 5 nitrogen and oxygen atoms in total. The summed E-state index contributed by atoms with van der Waals surface area (Å²) < 4.78 is 6.32. The molecular weight excluding hydrogens is 408 g/mol. The fourth-order valence-electron chi connectivity index (χ4n) is 3.26. The first-order chi connectivity index (χ1) is 12.7. The van der Waals surface area contributed by atoms with Gasteiger partial charge >= 0.3 is 6.09 Å². The molecule has 1 heterocycles. The third-order valence-electron chi connectivity index (χ3n) is 4.58. The average Bonchev–Trinajstić information content (AvgIpc) is 2.60. The molecule has 2 aromatic rings. The molecule has 1 N–H and O–H groups in total. The van der Waals surface area contributed by atoms with E-state index in [2.05, 4.69) is 21.2 Å². The normalized spacial score (nSPS) is 15.6. The van der Waals surface area contributed by atoms with Crippen molar-refractivity contribution in [2.24, 2.45) is 0 Å². The number of alkyl carbamates (subject to hydrolysis) is 1. The summed E-state index contributed by atoms with van der Waals surface area (Å²) >= 11 is 3.54. The van der Waals surface area contributed by atoms with Crippen LogP contribution in [-0.4, -0.2) is 41.6 Å². The molecule has 0 bridgehead atoms. The minimum Gasteiger partial charge on any atom is -0.444 e. The largest absolute Gasteiger partial charge is 0.444 e. The molecule has 144 valence electrons. The van der Waals surface area contributed by atoms with Crippen molar-refractivity contribution in [1.29, 1.82) is 0 Å². The standard InChI is InChI=1S/C21H25BrN2O3/c1-21(2,3)27-20(26)23-16-9-11-24(12-10-16)19(25)15-7-8-17-14(13-15)5-4-6-18(17)22/h4-8,13,16H,9-12H2,1-3H3,(H,23,26). The Labute approximate surface area is 168 Å². The Morgan fingerprint density at radius 1 is 1.15 bits per heavy atom. The number of fused-ring (bicyclic) bond motifs is 1. The van der Waals surface area contributed by atoms with Crippen LogP contribution in [0.4, 0.5) is 4.79 Å². The zero-order valence-corrected chi connectivity index (χ0v) is 17.5. The number of halogens is 1. The van der Waals surface area contributed by atoms with Crippen molar-refractivity contribution in [3.63, 3.8) is 0 Å². The van der Waals surface area contributed by atoms with E-state index in [4.69, 9.17) is 4.74 Å². The van der Waals surface area contributed by atoms with E-state index in [1.807, 2.05) is 62.1 Å². The molecule has 3 rings (SSSR count). The topological polar surface area (TPSA) is 58.6 Å². The molecule has 2 amide bonds.